The molecule has 0 aliphatic heterocycles. The number of benzene rings is 1. The monoisotopic (exact) mass is 250 g/mol. The van der Waals surface area contributed by atoms with Gasteiger partial charge in [-0.1, -0.05) is 0 Å². The minimum Gasteiger partial charge on any atom is -0.481 e. The van der Waals surface area contributed by atoms with Crippen LogP contribution in [0.1, 0.15) is 18.9 Å². The van der Waals surface area contributed by atoms with Crippen molar-refractivity contribution in [3.05, 3.63) is 23.8 Å². The van der Waals surface area contributed by atoms with Crippen LogP contribution in [-0.4, -0.2) is 22.9 Å². The van der Waals surface area contributed by atoms with Gasteiger partial charge in [-0.3, -0.25) is 14.4 Å². The van der Waals surface area contributed by atoms with Crippen LogP contribution >= 0.6 is 0 Å². The van der Waals surface area contributed by atoms with Crippen LogP contribution in [0.25, 0.3) is 0 Å². The molecule has 6 heteroatoms. The number of anilines is 2. The fourth-order valence-electron chi connectivity index (χ4n) is 1.41. The largest absolute Gasteiger partial charge is 0.481 e. The number of hydrogen-bond acceptors (Lipinski definition) is 3. The molecule has 3 N–H and O–H groups in total. The molecule has 6 nitrogen and oxygen atoms in total. The van der Waals surface area contributed by atoms with Crippen molar-refractivity contribution >= 4 is 29.2 Å². The van der Waals surface area contributed by atoms with Crippen LogP contribution in [0.5, 0.6) is 0 Å². The zero-order valence-corrected chi connectivity index (χ0v) is 10.1. The molecule has 1 aromatic rings. The lowest BCUT2D eigenvalue weighted by Crippen LogP contribution is -2.16. The Balaban J connectivity index is 2.75. The van der Waals surface area contributed by atoms with E-state index in [2.05, 4.69) is 10.6 Å². The van der Waals surface area contributed by atoms with Gasteiger partial charge in [0.15, 0.2) is 0 Å². The first-order chi connectivity index (χ1) is 8.38. The van der Waals surface area contributed by atoms with Crippen LogP contribution in [0.15, 0.2) is 18.2 Å². The Morgan fingerprint density at radius 3 is 2.39 bits per heavy atom. The molecule has 0 spiro atoms. The molecule has 0 saturated carbocycles. The maximum atomic E-state index is 11.2. The topological polar surface area (TPSA) is 95.5 Å². The molecular formula is C12H14N2O4. The van der Waals surface area contributed by atoms with Crippen molar-refractivity contribution in [1.82, 2.24) is 0 Å². The Labute approximate surface area is 104 Å². The summed E-state index contributed by atoms with van der Waals surface area (Å²) in [7, 11) is 0. The third-order valence-corrected chi connectivity index (χ3v) is 2.13. The molecule has 0 aromatic heterocycles. The lowest BCUT2D eigenvalue weighted by atomic mass is 10.1. The number of aliphatic carboxylic acids is 1. The minimum absolute atomic E-state index is 0.180. The number of carbonyl (C=O) groups is 3. The molecule has 2 amide bonds. The summed E-state index contributed by atoms with van der Waals surface area (Å²) in [6, 6.07) is 4.90. The van der Waals surface area contributed by atoms with Crippen molar-refractivity contribution in [2.24, 2.45) is 0 Å². The summed E-state index contributed by atoms with van der Waals surface area (Å²) in [5, 5.41) is 13.6. The van der Waals surface area contributed by atoms with Crippen molar-refractivity contribution in [1.29, 1.82) is 0 Å². The Bertz CT molecular complexity index is 497. The summed E-state index contributed by atoms with van der Waals surface area (Å²) in [6.07, 6.45) is -0.577. The second kappa shape index (κ2) is 5.81. The van der Waals surface area contributed by atoms with Gasteiger partial charge < -0.3 is 15.7 Å². The van der Waals surface area contributed by atoms with Gasteiger partial charge in [-0.15, -0.1) is 0 Å². The molecule has 0 atom stereocenters. The number of carbonyl (C=O) groups excluding carboxylic acids is 2. The smallest absolute Gasteiger partial charge is 0.312 e. The van der Waals surface area contributed by atoms with E-state index in [1.807, 2.05) is 0 Å². The number of aryl methyl sites for hydroxylation is 1. The van der Waals surface area contributed by atoms with Gasteiger partial charge in [0.2, 0.25) is 11.8 Å². The summed E-state index contributed by atoms with van der Waals surface area (Å²) in [5.74, 6) is -1.95. The van der Waals surface area contributed by atoms with Gasteiger partial charge in [-0.25, -0.2) is 0 Å². The third-order valence-electron chi connectivity index (χ3n) is 2.13. The van der Waals surface area contributed by atoms with Crippen molar-refractivity contribution in [3.8, 4) is 0 Å². The first kappa shape index (κ1) is 13.7. The molecule has 0 aliphatic carbocycles. The molecule has 1 aromatic carbocycles. The third kappa shape index (κ3) is 4.25. The van der Waals surface area contributed by atoms with Gasteiger partial charge in [-0.05, 0) is 30.7 Å². The predicted molar refractivity (Wildman–Crippen MR) is 66.4 cm³/mol. The lowest BCUT2D eigenvalue weighted by molar-refractivity contribution is -0.139. The highest BCUT2D eigenvalue weighted by molar-refractivity contribution is 6.01. The summed E-state index contributed by atoms with van der Waals surface area (Å²) in [6.45, 7) is 3.18. The van der Waals surface area contributed by atoms with Crippen LogP contribution < -0.4 is 10.6 Å². The molecule has 0 fully saturated rings. The van der Waals surface area contributed by atoms with Gasteiger partial charge in [0, 0.05) is 18.3 Å². The van der Waals surface area contributed by atoms with Crippen molar-refractivity contribution < 1.29 is 19.5 Å². The van der Waals surface area contributed by atoms with E-state index in [1.54, 1.807) is 25.1 Å². The fourth-order valence-corrected chi connectivity index (χ4v) is 1.41. The molecule has 96 valence electrons. The molecule has 0 saturated heterocycles. The average molecular weight is 250 g/mol. The SMILES string of the molecule is CC(=O)Nc1ccc(NC(=O)CC(=O)O)cc1C. The fraction of sp³-hybridized carbons (Fsp3) is 0.250. The van der Waals surface area contributed by atoms with Crippen LogP contribution in [0.2, 0.25) is 0 Å². The van der Waals surface area contributed by atoms with Crippen molar-refractivity contribution in [2.75, 3.05) is 10.6 Å². The van der Waals surface area contributed by atoms with E-state index in [-0.39, 0.29) is 5.91 Å². The zero-order chi connectivity index (χ0) is 13.7. The van der Waals surface area contributed by atoms with Gasteiger partial charge in [0.05, 0.1) is 0 Å². The number of nitrogens with one attached hydrogen (secondary N) is 2. The molecule has 0 unspecified atom stereocenters. The lowest BCUT2D eigenvalue weighted by Gasteiger charge is -2.09. The molecule has 0 radical (unpaired) electrons. The van der Waals surface area contributed by atoms with Crippen LogP contribution in [0.4, 0.5) is 11.4 Å². The maximum absolute atomic E-state index is 11.2. The second-order valence-corrected chi connectivity index (χ2v) is 3.83. The van der Waals surface area contributed by atoms with E-state index in [9.17, 15) is 14.4 Å². The summed E-state index contributed by atoms with van der Waals surface area (Å²) >= 11 is 0. The number of hydrogen-bond donors (Lipinski definition) is 3. The van der Waals surface area contributed by atoms with Gasteiger partial charge in [0.25, 0.3) is 0 Å². The summed E-state index contributed by atoms with van der Waals surface area (Å²) in [5.41, 5.74) is 1.92. The Morgan fingerprint density at radius 1 is 1.22 bits per heavy atom. The summed E-state index contributed by atoms with van der Waals surface area (Å²) < 4.78 is 0. The molecule has 0 aliphatic rings. The highest BCUT2D eigenvalue weighted by Crippen LogP contribution is 2.19. The number of carboxylic acid groups (broad SMARTS) is 1. The van der Waals surface area contributed by atoms with Crippen molar-refractivity contribution in [3.63, 3.8) is 0 Å². The first-order valence-electron chi connectivity index (χ1n) is 5.28. The van der Waals surface area contributed by atoms with E-state index < -0.39 is 18.3 Å². The van der Waals surface area contributed by atoms with Crippen molar-refractivity contribution in [2.45, 2.75) is 20.3 Å². The normalized spacial score (nSPS) is 9.67. The van der Waals surface area contributed by atoms with E-state index in [0.29, 0.717) is 11.4 Å². The quantitative estimate of drug-likeness (QED) is 0.703. The second-order valence-electron chi connectivity index (χ2n) is 3.83. The molecular weight excluding hydrogens is 236 g/mol. The first-order valence-corrected chi connectivity index (χ1v) is 5.28. The number of amides is 2. The average Bonchev–Trinajstić information content (AvgIpc) is 2.20. The molecule has 0 bridgehead atoms. The van der Waals surface area contributed by atoms with E-state index in [1.165, 1.54) is 6.92 Å². The highest BCUT2D eigenvalue weighted by Gasteiger charge is 2.08. The Hall–Kier alpha value is -2.37. The molecule has 18 heavy (non-hydrogen) atoms. The van der Waals surface area contributed by atoms with Crippen LogP contribution in [-0.2, 0) is 14.4 Å². The zero-order valence-electron chi connectivity index (χ0n) is 10.1. The number of rotatable bonds is 4. The molecule has 1 rings (SSSR count). The van der Waals surface area contributed by atoms with E-state index in [0.717, 1.165) is 5.56 Å². The van der Waals surface area contributed by atoms with Crippen LogP contribution in [0, 0.1) is 6.92 Å². The van der Waals surface area contributed by atoms with Gasteiger partial charge >= 0.3 is 5.97 Å². The Kier molecular flexibility index (Phi) is 4.42. The Morgan fingerprint density at radius 2 is 1.89 bits per heavy atom. The maximum Gasteiger partial charge on any atom is 0.312 e. The van der Waals surface area contributed by atoms with E-state index in [4.69, 9.17) is 5.11 Å². The van der Waals surface area contributed by atoms with Gasteiger partial charge in [0.1, 0.15) is 6.42 Å². The van der Waals surface area contributed by atoms with Gasteiger partial charge in [-0.2, -0.15) is 0 Å². The highest BCUT2D eigenvalue weighted by atomic mass is 16.4. The van der Waals surface area contributed by atoms with Crippen LogP contribution in [0.3, 0.4) is 0 Å². The minimum atomic E-state index is -1.18. The predicted octanol–water partition coefficient (Wildman–Crippen LogP) is 1.37. The molecule has 0 heterocycles. The standard InChI is InChI=1S/C12H14N2O4/c1-7-5-9(14-11(16)6-12(17)18)3-4-10(7)13-8(2)15/h3-5H,6H2,1-2H3,(H,13,15)(H,14,16)(H,17,18). The summed E-state index contributed by atoms with van der Waals surface area (Å²) in [4.78, 5) is 32.5. The van der Waals surface area contributed by atoms with E-state index >= 15 is 0 Å². The number of carboxylic acids is 1.